The third-order valence-electron chi connectivity index (χ3n) is 3.05. The number of anilines is 1. The van der Waals surface area contributed by atoms with Gasteiger partial charge in [0.05, 0.1) is 24.9 Å². The number of methoxy groups -OCH3 is 1. The molecule has 0 spiro atoms. The lowest BCUT2D eigenvalue weighted by molar-refractivity contribution is 0.0775. The number of hydrogen-bond donors (Lipinski definition) is 1. The van der Waals surface area contributed by atoms with Crippen molar-refractivity contribution in [3.05, 3.63) is 47.4 Å². The molecule has 1 aromatic carbocycles. The molecule has 0 radical (unpaired) electrons. The second kappa shape index (κ2) is 5.69. The van der Waals surface area contributed by atoms with Crippen LogP contribution in [0.25, 0.3) is 0 Å². The van der Waals surface area contributed by atoms with E-state index in [-0.39, 0.29) is 5.91 Å². The number of furan rings is 1. The van der Waals surface area contributed by atoms with Crippen LogP contribution in [0.3, 0.4) is 0 Å². The first-order valence-corrected chi connectivity index (χ1v) is 6.26. The van der Waals surface area contributed by atoms with E-state index in [0.717, 1.165) is 11.5 Å². The minimum absolute atomic E-state index is 0.171. The Morgan fingerprint density at radius 3 is 2.70 bits per heavy atom. The SMILES string of the molecule is COc1cccc(C(=O)N(C)Cc2ccc(C)o2)c1N. The highest BCUT2D eigenvalue weighted by atomic mass is 16.5. The molecular formula is C15H18N2O3. The quantitative estimate of drug-likeness (QED) is 0.869. The maximum absolute atomic E-state index is 12.4. The van der Waals surface area contributed by atoms with Crippen LogP contribution in [0.15, 0.2) is 34.7 Å². The molecule has 0 aliphatic rings. The van der Waals surface area contributed by atoms with Crippen LogP contribution < -0.4 is 10.5 Å². The largest absolute Gasteiger partial charge is 0.495 e. The van der Waals surface area contributed by atoms with Crippen molar-refractivity contribution in [3.63, 3.8) is 0 Å². The molecule has 2 aromatic rings. The average molecular weight is 274 g/mol. The van der Waals surface area contributed by atoms with Gasteiger partial charge in [0.15, 0.2) is 0 Å². The maximum atomic E-state index is 12.4. The molecule has 1 amide bonds. The van der Waals surface area contributed by atoms with Crippen LogP contribution in [0.1, 0.15) is 21.9 Å². The Morgan fingerprint density at radius 1 is 1.35 bits per heavy atom. The highest BCUT2D eigenvalue weighted by Crippen LogP contribution is 2.26. The number of nitrogen functional groups attached to an aromatic ring is 1. The van der Waals surface area contributed by atoms with Crippen molar-refractivity contribution in [1.82, 2.24) is 4.90 Å². The van der Waals surface area contributed by atoms with E-state index in [0.29, 0.717) is 23.5 Å². The minimum Gasteiger partial charge on any atom is -0.495 e. The second-order valence-corrected chi connectivity index (χ2v) is 4.60. The molecule has 0 atom stereocenters. The van der Waals surface area contributed by atoms with Crippen LogP contribution in [0.2, 0.25) is 0 Å². The number of hydrogen-bond acceptors (Lipinski definition) is 4. The van der Waals surface area contributed by atoms with E-state index in [1.54, 1.807) is 30.1 Å². The first-order chi connectivity index (χ1) is 9.52. The summed E-state index contributed by atoms with van der Waals surface area (Å²) in [5.74, 6) is 1.88. The van der Waals surface area contributed by atoms with Crippen molar-refractivity contribution < 1.29 is 13.9 Å². The van der Waals surface area contributed by atoms with E-state index in [4.69, 9.17) is 14.9 Å². The molecule has 20 heavy (non-hydrogen) atoms. The van der Waals surface area contributed by atoms with E-state index in [9.17, 15) is 4.79 Å². The molecule has 106 valence electrons. The molecule has 2 rings (SSSR count). The molecule has 2 N–H and O–H groups in total. The molecule has 0 unspecified atom stereocenters. The minimum atomic E-state index is -0.171. The van der Waals surface area contributed by atoms with Crippen LogP contribution in [0.5, 0.6) is 5.75 Å². The lowest BCUT2D eigenvalue weighted by Gasteiger charge is -2.17. The van der Waals surface area contributed by atoms with Gasteiger partial charge in [0, 0.05) is 7.05 Å². The number of amides is 1. The van der Waals surface area contributed by atoms with Gasteiger partial charge in [-0.3, -0.25) is 4.79 Å². The Morgan fingerprint density at radius 2 is 2.10 bits per heavy atom. The zero-order chi connectivity index (χ0) is 14.7. The molecule has 1 heterocycles. The van der Waals surface area contributed by atoms with Gasteiger partial charge in [-0.2, -0.15) is 0 Å². The average Bonchev–Trinajstić information content (AvgIpc) is 2.83. The Bertz CT molecular complexity index is 619. The first-order valence-electron chi connectivity index (χ1n) is 6.26. The van der Waals surface area contributed by atoms with Crippen molar-refractivity contribution in [2.45, 2.75) is 13.5 Å². The third kappa shape index (κ3) is 2.77. The van der Waals surface area contributed by atoms with E-state index in [1.807, 2.05) is 19.1 Å². The van der Waals surface area contributed by atoms with Gasteiger partial charge in [-0.15, -0.1) is 0 Å². The third-order valence-corrected chi connectivity index (χ3v) is 3.05. The van der Waals surface area contributed by atoms with Gasteiger partial charge in [-0.05, 0) is 31.2 Å². The van der Waals surface area contributed by atoms with Crippen molar-refractivity contribution in [2.24, 2.45) is 0 Å². The summed E-state index contributed by atoms with van der Waals surface area (Å²) in [7, 11) is 3.23. The summed E-state index contributed by atoms with van der Waals surface area (Å²) in [6, 6.07) is 8.88. The topological polar surface area (TPSA) is 68.7 Å². The lowest BCUT2D eigenvalue weighted by Crippen LogP contribution is -2.26. The van der Waals surface area contributed by atoms with Crippen molar-refractivity contribution in [3.8, 4) is 5.75 Å². The van der Waals surface area contributed by atoms with Gasteiger partial charge < -0.3 is 19.8 Å². The fourth-order valence-electron chi connectivity index (χ4n) is 1.99. The summed E-state index contributed by atoms with van der Waals surface area (Å²) in [4.78, 5) is 14.0. The van der Waals surface area contributed by atoms with Crippen molar-refractivity contribution in [1.29, 1.82) is 0 Å². The molecular weight excluding hydrogens is 256 g/mol. The lowest BCUT2D eigenvalue weighted by atomic mass is 10.1. The number of ether oxygens (including phenoxy) is 1. The Balaban J connectivity index is 2.18. The first kappa shape index (κ1) is 14.0. The van der Waals surface area contributed by atoms with E-state index in [1.165, 1.54) is 7.11 Å². The number of aryl methyl sites for hydroxylation is 1. The highest BCUT2D eigenvalue weighted by molar-refractivity contribution is 6.00. The van der Waals surface area contributed by atoms with Gasteiger partial charge in [0.25, 0.3) is 5.91 Å². The Labute approximate surface area is 117 Å². The Hall–Kier alpha value is -2.43. The van der Waals surface area contributed by atoms with Crippen LogP contribution in [-0.4, -0.2) is 25.0 Å². The number of para-hydroxylation sites is 1. The molecule has 0 bridgehead atoms. The van der Waals surface area contributed by atoms with E-state index in [2.05, 4.69) is 0 Å². The molecule has 1 aromatic heterocycles. The maximum Gasteiger partial charge on any atom is 0.256 e. The zero-order valence-electron chi connectivity index (χ0n) is 11.8. The van der Waals surface area contributed by atoms with Crippen LogP contribution in [0.4, 0.5) is 5.69 Å². The van der Waals surface area contributed by atoms with Crippen LogP contribution in [0, 0.1) is 6.92 Å². The number of carbonyl (C=O) groups excluding carboxylic acids is 1. The van der Waals surface area contributed by atoms with Gasteiger partial charge in [-0.25, -0.2) is 0 Å². The molecule has 5 heteroatoms. The van der Waals surface area contributed by atoms with Crippen molar-refractivity contribution in [2.75, 3.05) is 19.9 Å². The predicted molar refractivity (Wildman–Crippen MR) is 76.6 cm³/mol. The van der Waals surface area contributed by atoms with Crippen LogP contribution in [-0.2, 0) is 6.54 Å². The van der Waals surface area contributed by atoms with Crippen LogP contribution >= 0.6 is 0 Å². The van der Waals surface area contributed by atoms with Gasteiger partial charge in [-0.1, -0.05) is 6.07 Å². The number of nitrogens with two attached hydrogens (primary N) is 1. The fraction of sp³-hybridized carbons (Fsp3) is 0.267. The summed E-state index contributed by atoms with van der Waals surface area (Å²) >= 11 is 0. The molecule has 0 aliphatic carbocycles. The smallest absolute Gasteiger partial charge is 0.256 e. The van der Waals surface area contributed by atoms with E-state index >= 15 is 0 Å². The number of carbonyl (C=O) groups is 1. The summed E-state index contributed by atoms with van der Waals surface area (Å²) in [5.41, 5.74) is 6.71. The summed E-state index contributed by atoms with van der Waals surface area (Å²) in [6.45, 7) is 2.26. The molecule has 0 saturated heterocycles. The summed E-state index contributed by atoms with van der Waals surface area (Å²) < 4.78 is 10.6. The summed E-state index contributed by atoms with van der Waals surface area (Å²) in [6.07, 6.45) is 0. The zero-order valence-corrected chi connectivity index (χ0v) is 11.8. The van der Waals surface area contributed by atoms with Gasteiger partial charge in [0.2, 0.25) is 0 Å². The summed E-state index contributed by atoms with van der Waals surface area (Å²) in [5, 5.41) is 0. The monoisotopic (exact) mass is 274 g/mol. The number of benzene rings is 1. The van der Waals surface area contributed by atoms with Gasteiger partial charge >= 0.3 is 0 Å². The van der Waals surface area contributed by atoms with Gasteiger partial charge in [0.1, 0.15) is 17.3 Å². The highest BCUT2D eigenvalue weighted by Gasteiger charge is 2.18. The molecule has 0 saturated carbocycles. The molecule has 0 aliphatic heterocycles. The molecule has 5 nitrogen and oxygen atoms in total. The number of rotatable bonds is 4. The molecule has 0 fully saturated rings. The van der Waals surface area contributed by atoms with E-state index < -0.39 is 0 Å². The Kier molecular flexibility index (Phi) is 3.98. The normalized spacial score (nSPS) is 10.3. The predicted octanol–water partition coefficient (Wildman–Crippen LogP) is 2.45. The fourth-order valence-corrected chi connectivity index (χ4v) is 1.99. The standard InChI is InChI=1S/C15H18N2O3/c1-10-7-8-11(20-10)9-17(2)15(18)12-5-4-6-13(19-3)14(12)16/h4-8H,9,16H2,1-3H3. The van der Waals surface area contributed by atoms with Crippen molar-refractivity contribution >= 4 is 11.6 Å². The number of nitrogens with zero attached hydrogens (tertiary/aromatic N) is 1. The second-order valence-electron chi connectivity index (χ2n) is 4.60.